The van der Waals surface area contributed by atoms with E-state index < -0.39 is 11.4 Å². The summed E-state index contributed by atoms with van der Waals surface area (Å²) >= 11 is 5.40. The Hall–Kier alpha value is -0.540. The average molecular weight is 204 g/mol. The molecule has 1 saturated heterocycles. The second kappa shape index (κ2) is 4.63. The molecule has 0 unspecified atom stereocenters. The lowest BCUT2D eigenvalue weighted by atomic mass is 9.76. The Morgan fingerprint density at radius 2 is 2.15 bits per heavy atom. The molecule has 0 bridgehead atoms. The van der Waals surface area contributed by atoms with Gasteiger partial charge in [0.2, 0.25) is 0 Å². The van der Waals surface area contributed by atoms with Crippen molar-refractivity contribution in [3.63, 3.8) is 0 Å². The van der Waals surface area contributed by atoms with Gasteiger partial charge in [-0.2, -0.15) is 0 Å². The number of rotatable bonds is 3. The molecule has 1 aliphatic rings. The third-order valence-electron chi connectivity index (χ3n) is 2.61. The highest BCUT2D eigenvalue weighted by Gasteiger charge is 2.38. The van der Waals surface area contributed by atoms with Gasteiger partial charge in [0.25, 0.3) is 0 Å². The van der Waals surface area contributed by atoms with E-state index in [0.29, 0.717) is 19.3 Å². The van der Waals surface area contributed by atoms with E-state index in [2.05, 4.69) is 5.32 Å². The molecule has 3 nitrogen and oxygen atoms in total. The molecule has 74 valence electrons. The van der Waals surface area contributed by atoms with Gasteiger partial charge in [-0.05, 0) is 32.4 Å². The summed E-state index contributed by atoms with van der Waals surface area (Å²) in [6.45, 7) is 1.56. The molecule has 2 N–H and O–H groups in total. The molecule has 4 heteroatoms. The van der Waals surface area contributed by atoms with E-state index in [9.17, 15) is 4.79 Å². The van der Waals surface area contributed by atoms with Crippen LogP contribution in [0.3, 0.4) is 0 Å². The second-order valence-electron chi connectivity index (χ2n) is 3.40. The normalized spacial score (nSPS) is 21.9. The maximum Gasteiger partial charge on any atom is 0.310 e. The summed E-state index contributed by atoms with van der Waals surface area (Å²) in [6, 6.07) is 0. The minimum absolute atomic E-state index is 0.535. The Kier molecular flexibility index (Phi) is 3.75. The molecule has 0 spiro atoms. The summed E-state index contributed by atoms with van der Waals surface area (Å²) in [5.74, 6) is -0.705. The minimum atomic E-state index is -0.705. The number of allylic oxidation sites excluding steroid dienone is 1. The molecule has 0 radical (unpaired) electrons. The quantitative estimate of drug-likeness (QED) is 0.733. The number of aliphatic carboxylic acids is 1. The molecular formula is C9H14ClNO2. The van der Waals surface area contributed by atoms with Crippen molar-refractivity contribution in [1.82, 2.24) is 5.32 Å². The fourth-order valence-electron chi connectivity index (χ4n) is 1.68. The van der Waals surface area contributed by atoms with Gasteiger partial charge in [0, 0.05) is 5.54 Å². The van der Waals surface area contributed by atoms with Crippen molar-refractivity contribution in [2.24, 2.45) is 5.41 Å². The zero-order chi connectivity index (χ0) is 9.73. The second-order valence-corrected chi connectivity index (χ2v) is 3.65. The Balaban J connectivity index is 2.67. The molecule has 0 aromatic carbocycles. The van der Waals surface area contributed by atoms with Crippen molar-refractivity contribution in [2.75, 3.05) is 13.1 Å². The lowest BCUT2D eigenvalue weighted by Crippen LogP contribution is -2.41. The van der Waals surface area contributed by atoms with Gasteiger partial charge in [-0.1, -0.05) is 17.7 Å². The number of carboxylic acids is 1. The van der Waals surface area contributed by atoms with Crippen LogP contribution in [0.5, 0.6) is 0 Å². The molecular weight excluding hydrogens is 190 g/mol. The Morgan fingerprint density at radius 1 is 1.54 bits per heavy atom. The lowest BCUT2D eigenvalue weighted by Gasteiger charge is -2.32. The van der Waals surface area contributed by atoms with Crippen LogP contribution in [0, 0.1) is 5.41 Å². The van der Waals surface area contributed by atoms with E-state index in [0.717, 1.165) is 13.1 Å². The number of piperidine rings is 1. The molecule has 13 heavy (non-hydrogen) atoms. The van der Waals surface area contributed by atoms with E-state index in [4.69, 9.17) is 16.7 Å². The summed E-state index contributed by atoms with van der Waals surface area (Å²) < 4.78 is 0. The van der Waals surface area contributed by atoms with Crippen LogP contribution < -0.4 is 5.32 Å². The first kappa shape index (κ1) is 10.5. The fraction of sp³-hybridized carbons (Fsp3) is 0.667. The predicted molar refractivity (Wildman–Crippen MR) is 51.8 cm³/mol. The van der Waals surface area contributed by atoms with Crippen LogP contribution in [0.1, 0.15) is 19.3 Å². The van der Waals surface area contributed by atoms with Crippen LogP contribution in [0.4, 0.5) is 0 Å². The van der Waals surface area contributed by atoms with Gasteiger partial charge in [-0.25, -0.2) is 0 Å². The van der Waals surface area contributed by atoms with Gasteiger partial charge in [-0.3, -0.25) is 4.79 Å². The van der Waals surface area contributed by atoms with Gasteiger partial charge in [0.15, 0.2) is 0 Å². The van der Waals surface area contributed by atoms with Crippen molar-refractivity contribution >= 4 is 17.6 Å². The van der Waals surface area contributed by atoms with Crippen molar-refractivity contribution < 1.29 is 9.90 Å². The number of halogens is 1. The van der Waals surface area contributed by atoms with Crippen LogP contribution in [-0.4, -0.2) is 24.2 Å². The molecule has 0 aliphatic carbocycles. The number of hydrogen-bond donors (Lipinski definition) is 2. The molecule has 0 amide bonds. The van der Waals surface area contributed by atoms with E-state index in [-0.39, 0.29) is 0 Å². The molecule has 0 aromatic heterocycles. The van der Waals surface area contributed by atoms with E-state index >= 15 is 0 Å². The predicted octanol–water partition coefficient (Wildman–Crippen LogP) is 1.58. The lowest BCUT2D eigenvalue weighted by molar-refractivity contribution is -0.150. The molecule has 0 atom stereocenters. The van der Waals surface area contributed by atoms with E-state index in [1.807, 2.05) is 0 Å². The van der Waals surface area contributed by atoms with Gasteiger partial charge in [-0.15, -0.1) is 0 Å². The first-order valence-corrected chi connectivity index (χ1v) is 4.84. The van der Waals surface area contributed by atoms with E-state index in [1.165, 1.54) is 5.54 Å². The summed E-state index contributed by atoms with van der Waals surface area (Å²) in [6.07, 6.45) is 3.63. The number of nitrogens with one attached hydrogen (secondary N) is 1. The minimum Gasteiger partial charge on any atom is -0.481 e. The molecule has 0 aromatic rings. The first-order valence-electron chi connectivity index (χ1n) is 4.41. The highest BCUT2D eigenvalue weighted by atomic mass is 35.5. The van der Waals surface area contributed by atoms with Gasteiger partial charge < -0.3 is 10.4 Å². The van der Waals surface area contributed by atoms with Crippen molar-refractivity contribution in [3.8, 4) is 0 Å². The summed E-state index contributed by atoms with van der Waals surface area (Å²) in [5.41, 5.74) is 0.809. The highest BCUT2D eigenvalue weighted by molar-refractivity contribution is 6.25. The monoisotopic (exact) mass is 203 g/mol. The maximum absolute atomic E-state index is 11.1. The van der Waals surface area contributed by atoms with Crippen LogP contribution in [0.15, 0.2) is 11.6 Å². The Bertz CT molecular complexity index is 210. The molecule has 1 fully saturated rings. The smallest absolute Gasteiger partial charge is 0.310 e. The molecule has 1 aliphatic heterocycles. The molecule has 0 saturated carbocycles. The Morgan fingerprint density at radius 3 is 2.62 bits per heavy atom. The van der Waals surface area contributed by atoms with Crippen molar-refractivity contribution in [3.05, 3.63) is 11.6 Å². The van der Waals surface area contributed by atoms with Gasteiger partial charge in [0.1, 0.15) is 0 Å². The van der Waals surface area contributed by atoms with Crippen LogP contribution >= 0.6 is 11.6 Å². The fourth-order valence-corrected chi connectivity index (χ4v) is 1.77. The molecule has 1 rings (SSSR count). The summed E-state index contributed by atoms with van der Waals surface area (Å²) in [4.78, 5) is 11.1. The first-order chi connectivity index (χ1) is 6.21. The molecule has 1 heterocycles. The largest absolute Gasteiger partial charge is 0.481 e. The summed E-state index contributed by atoms with van der Waals surface area (Å²) in [5, 5.41) is 12.3. The maximum atomic E-state index is 11.1. The topological polar surface area (TPSA) is 49.3 Å². The number of hydrogen-bond acceptors (Lipinski definition) is 2. The number of carboxylic acid groups (broad SMARTS) is 1. The standard InChI is InChI=1S/C9H14ClNO2/c10-5-1-2-9(8(12)13)3-6-11-7-4-9/h1,5,11H,2-4,6-7H2,(H,12,13)/b5-1+. The van der Waals surface area contributed by atoms with Gasteiger partial charge >= 0.3 is 5.97 Å². The van der Waals surface area contributed by atoms with Crippen LogP contribution in [0.2, 0.25) is 0 Å². The van der Waals surface area contributed by atoms with Gasteiger partial charge in [0.05, 0.1) is 5.41 Å². The van der Waals surface area contributed by atoms with Crippen molar-refractivity contribution in [2.45, 2.75) is 19.3 Å². The number of carbonyl (C=O) groups is 1. The third kappa shape index (κ3) is 2.45. The summed E-state index contributed by atoms with van der Waals surface area (Å²) in [7, 11) is 0. The Labute approximate surface area is 82.8 Å². The SMILES string of the molecule is O=C(O)C1(C/C=C/Cl)CCNCC1. The van der Waals surface area contributed by atoms with Crippen LogP contribution in [-0.2, 0) is 4.79 Å². The highest BCUT2D eigenvalue weighted by Crippen LogP contribution is 2.33. The zero-order valence-electron chi connectivity index (χ0n) is 7.42. The third-order valence-corrected chi connectivity index (χ3v) is 2.79. The zero-order valence-corrected chi connectivity index (χ0v) is 8.18. The van der Waals surface area contributed by atoms with E-state index in [1.54, 1.807) is 6.08 Å². The average Bonchev–Trinajstić information content (AvgIpc) is 2.16. The van der Waals surface area contributed by atoms with Crippen LogP contribution in [0.25, 0.3) is 0 Å². The van der Waals surface area contributed by atoms with Crippen molar-refractivity contribution in [1.29, 1.82) is 0 Å².